The Hall–Kier alpha value is -1.84. The first-order valence-corrected chi connectivity index (χ1v) is 9.79. The van der Waals surface area contributed by atoms with Crippen molar-refractivity contribution >= 4 is 17.5 Å². The molecule has 3 nitrogen and oxygen atoms in total. The lowest BCUT2D eigenvalue weighted by atomic mass is 9.97. The number of likely N-dealkylation sites (tertiary alicyclic amines) is 1. The number of nitrogens with one attached hydrogen (secondary N) is 1. The fourth-order valence-corrected chi connectivity index (χ4v) is 3.67. The van der Waals surface area contributed by atoms with Gasteiger partial charge >= 0.3 is 0 Å². The van der Waals surface area contributed by atoms with Gasteiger partial charge in [0.1, 0.15) is 0 Å². The van der Waals surface area contributed by atoms with Crippen molar-refractivity contribution in [2.75, 3.05) is 13.1 Å². The zero-order chi connectivity index (χ0) is 18.4. The van der Waals surface area contributed by atoms with Gasteiger partial charge in [-0.15, -0.1) is 0 Å². The molecule has 0 saturated carbocycles. The molecule has 1 fully saturated rings. The van der Waals surface area contributed by atoms with E-state index < -0.39 is 0 Å². The topological polar surface area (TPSA) is 32.3 Å². The smallest absolute Gasteiger partial charge is 0.220 e. The van der Waals surface area contributed by atoms with Gasteiger partial charge in [0.2, 0.25) is 5.91 Å². The van der Waals surface area contributed by atoms with Gasteiger partial charge in [-0.25, -0.2) is 0 Å². The number of carbonyl (C=O) groups is 1. The molecule has 26 heavy (non-hydrogen) atoms. The SMILES string of the molecule is CC(CC(=O)NC1CCN(Cc2ccc(Cl)cc2)CC1)c1ccccc1. The van der Waals surface area contributed by atoms with Crippen molar-refractivity contribution in [3.63, 3.8) is 0 Å². The third-order valence-corrected chi connectivity index (χ3v) is 5.38. The summed E-state index contributed by atoms with van der Waals surface area (Å²) in [5, 5.41) is 4.01. The van der Waals surface area contributed by atoms with E-state index >= 15 is 0 Å². The average molecular weight is 371 g/mol. The fourth-order valence-electron chi connectivity index (χ4n) is 3.55. The summed E-state index contributed by atoms with van der Waals surface area (Å²) in [5.41, 5.74) is 2.51. The molecule has 0 radical (unpaired) electrons. The standard InChI is InChI=1S/C22H27ClN2O/c1-17(19-5-3-2-4-6-19)15-22(26)24-21-11-13-25(14-12-21)16-18-7-9-20(23)10-8-18/h2-10,17,21H,11-16H2,1H3,(H,24,26). The third kappa shape index (κ3) is 5.58. The van der Waals surface area contributed by atoms with Gasteiger partial charge in [-0.2, -0.15) is 0 Å². The van der Waals surface area contributed by atoms with Crippen molar-refractivity contribution < 1.29 is 4.79 Å². The molecule has 1 aliphatic rings. The Morgan fingerprint density at radius 2 is 1.77 bits per heavy atom. The van der Waals surface area contributed by atoms with Crippen molar-refractivity contribution in [3.05, 3.63) is 70.7 Å². The molecule has 1 N–H and O–H groups in total. The Morgan fingerprint density at radius 1 is 1.12 bits per heavy atom. The normalized spacial score (nSPS) is 17.0. The van der Waals surface area contributed by atoms with Crippen LogP contribution in [0.1, 0.15) is 43.2 Å². The summed E-state index contributed by atoms with van der Waals surface area (Å²) >= 11 is 5.94. The van der Waals surface area contributed by atoms with Gasteiger partial charge < -0.3 is 5.32 Å². The number of halogens is 1. The molecule has 0 spiro atoms. The lowest BCUT2D eigenvalue weighted by Crippen LogP contribution is -2.44. The second-order valence-corrected chi connectivity index (χ2v) is 7.70. The summed E-state index contributed by atoms with van der Waals surface area (Å²) in [4.78, 5) is 14.8. The molecular formula is C22H27ClN2O. The number of hydrogen-bond acceptors (Lipinski definition) is 2. The lowest BCUT2D eigenvalue weighted by Gasteiger charge is -2.32. The van der Waals surface area contributed by atoms with Gasteiger partial charge in [0.25, 0.3) is 0 Å². The molecule has 4 heteroatoms. The van der Waals surface area contributed by atoms with Gasteiger partial charge in [0.15, 0.2) is 0 Å². The maximum absolute atomic E-state index is 12.4. The van der Waals surface area contributed by atoms with E-state index in [2.05, 4.69) is 41.4 Å². The van der Waals surface area contributed by atoms with Crippen LogP contribution in [0.5, 0.6) is 0 Å². The van der Waals surface area contributed by atoms with E-state index in [0.717, 1.165) is 37.5 Å². The van der Waals surface area contributed by atoms with E-state index in [1.165, 1.54) is 11.1 Å². The molecule has 1 unspecified atom stereocenters. The number of nitrogens with zero attached hydrogens (tertiary/aromatic N) is 1. The first-order chi connectivity index (χ1) is 12.6. The molecular weight excluding hydrogens is 344 g/mol. The van der Waals surface area contributed by atoms with Crippen molar-refractivity contribution in [1.29, 1.82) is 0 Å². The number of amides is 1. The van der Waals surface area contributed by atoms with Crippen LogP contribution in [0.15, 0.2) is 54.6 Å². The van der Waals surface area contributed by atoms with Crippen molar-refractivity contribution in [1.82, 2.24) is 10.2 Å². The molecule has 1 amide bonds. The highest BCUT2D eigenvalue weighted by Gasteiger charge is 2.21. The van der Waals surface area contributed by atoms with Crippen LogP contribution < -0.4 is 5.32 Å². The summed E-state index contributed by atoms with van der Waals surface area (Å²) in [6.07, 6.45) is 2.58. The largest absolute Gasteiger partial charge is 0.353 e. The van der Waals surface area contributed by atoms with Gasteiger partial charge in [0.05, 0.1) is 0 Å². The van der Waals surface area contributed by atoms with Gasteiger partial charge in [-0.05, 0) is 42.0 Å². The van der Waals surface area contributed by atoms with Gasteiger partial charge in [0, 0.05) is 37.1 Å². The molecule has 1 atom stereocenters. The Morgan fingerprint density at radius 3 is 2.42 bits per heavy atom. The van der Waals surface area contributed by atoms with Crippen LogP contribution in [-0.4, -0.2) is 29.9 Å². The first kappa shape index (κ1) is 18.9. The van der Waals surface area contributed by atoms with Crippen molar-refractivity contribution in [2.24, 2.45) is 0 Å². The predicted molar refractivity (Wildman–Crippen MR) is 107 cm³/mol. The second-order valence-electron chi connectivity index (χ2n) is 7.26. The highest BCUT2D eigenvalue weighted by atomic mass is 35.5. The molecule has 1 heterocycles. The molecule has 0 aliphatic carbocycles. The molecule has 0 aromatic heterocycles. The van der Waals surface area contributed by atoms with E-state index in [4.69, 9.17) is 11.6 Å². The van der Waals surface area contributed by atoms with Crippen molar-refractivity contribution in [3.8, 4) is 0 Å². The lowest BCUT2D eigenvalue weighted by molar-refractivity contribution is -0.122. The third-order valence-electron chi connectivity index (χ3n) is 5.13. The van der Waals surface area contributed by atoms with Crippen LogP contribution in [0.25, 0.3) is 0 Å². The first-order valence-electron chi connectivity index (χ1n) is 9.41. The molecule has 1 saturated heterocycles. The predicted octanol–water partition coefficient (Wildman–Crippen LogP) is 4.61. The summed E-state index contributed by atoms with van der Waals surface area (Å²) in [6, 6.07) is 18.6. The fraction of sp³-hybridized carbons (Fsp3) is 0.409. The van der Waals surface area contributed by atoms with E-state index in [1.54, 1.807) is 0 Å². The Labute approximate surface area is 161 Å². The van der Waals surface area contributed by atoms with Crippen LogP contribution in [0, 0.1) is 0 Å². The minimum absolute atomic E-state index is 0.164. The maximum atomic E-state index is 12.4. The highest BCUT2D eigenvalue weighted by Crippen LogP contribution is 2.19. The van der Waals surface area contributed by atoms with E-state index in [0.29, 0.717) is 12.5 Å². The molecule has 1 aliphatic heterocycles. The number of benzene rings is 2. The highest BCUT2D eigenvalue weighted by molar-refractivity contribution is 6.30. The van der Waals surface area contributed by atoms with Crippen LogP contribution in [0.4, 0.5) is 0 Å². The Balaban J connectivity index is 1.40. The van der Waals surface area contributed by atoms with E-state index in [-0.39, 0.29) is 11.8 Å². The van der Waals surface area contributed by atoms with E-state index in [9.17, 15) is 4.79 Å². The minimum atomic E-state index is 0.164. The summed E-state index contributed by atoms with van der Waals surface area (Å²) < 4.78 is 0. The number of carbonyl (C=O) groups excluding carboxylic acids is 1. The van der Waals surface area contributed by atoms with Crippen LogP contribution in [0.2, 0.25) is 5.02 Å². The zero-order valence-corrected chi connectivity index (χ0v) is 16.1. The van der Waals surface area contributed by atoms with E-state index in [1.807, 2.05) is 30.3 Å². The van der Waals surface area contributed by atoms with Crippen molar-refractivity contribution in [2.45, 2.75) is 44.7 Å². The van der Waals surface area contributed by atoms with Crippen LogP contribution >= 0.6 is 11.6 Å². The van der Waals surface area contributed by atoms with Crippen LogP contribution in [-0.2, 0) is 11.3 Å². The zero-order valence-electron chi connectivity index (χ0n) is 15.3. The minimum Gasteiger partial charge on any atom is -0.353 e. The summed E-state index contributed by atoms with van der Waals surface area (Å²) in [5.74, 6) is 0.415. The number of rotatable bonds is 6. The Bertz CT molecular complexity index is 694. The second kappa shape index (κ2) is 9.20. The number of piperidine rings is 1. The Kier molecular flexibility index (Phi) is 6.70. The summed E-state index contributed by atoms with van der Waals surface area (Å²) in [7, 11) is 0. The number of hydrogen-bond donors (Lipinski definition) is 1. The van der Waals surface area contributed by atoms with Gasteiger partial charge in [-0.3, -0.25) is 9.69 Å². The van der Waals surface area contributed by atoms with Crippen LogP contribution in [0.3, 0.4) is 0 Å². The van der Waals surface area contributed by atoms with Gasteiger partial charge in [-0.1, -0.05) is 61.0 Å². The monoisotopic (exact) mass is 370 g/mol. The average Bonchev–Trinajstić information content (AvgIpc) is 2.66. The maximum Gasteiger partial charge on any atom is 0.220 e. The summed E-state index contributed by atoms with van der Waals surface area (Å²) in [6.45, 7) is 5.09. The molecule has 2 aromatic carbocycles. The quantitative estimate of drug-likeness (QED) is 0.805. The molecule has 3 rings (SSSR count). The molecule has 0 bridgehead atoms. The molecule has 138 valence electrons. The molecule has 2 aromatic rings.